The van der Waals surface area contributed by atoms with Crippen LogP contribution in [0.2, 0.25) is 0 Å². The molecule has 2 rings (SSSR count). The van der Waals surface area contributed by atoms with Gasteiger partial charge < -0.3 is 9.84 Å². The van der Waals surface area contributed by atoms with Gasteiger partial charge in [0.15, 0.2) is 0 Å². The Balaban J connectivity index is 2.46. The number of carboxylic acid groups (broad SMARTS) is 1. The molecule has 0 saturated heterocycles. The third-order valence-corrected chi connectivity index (χ3v) is 4.77. The van der Waals surface area contributed by atoms with E-state index in [0.717, 1.165) is 19.3 Å². The summed E-state index contributed by atoms with van der Waals surface area (Å²) < 4.78 is 5.36. The molecule has 1 N–H and O–H groups in total. The Labute approximate surface area is 84.4 Å². The van der Waals surface area contributed by atoms with Gasteiger partial charge in [-0.15, -0.1) is 0 Å². The van der Waals surface area contributed by atoms with Gasteiger partial charge in [0.2, 0.25) is 0 Å². The normalized spacial score (nSPS) is 44.2. The van der Waals surface area contributed by atoms with Crippen molar-refractivity contribution < 1.29 is 14.6 Å². The van der Waals surface area contributed by atoms with E-state index in [2.05, 4.69) is 13.8 Å². The third kappa shape index (κ3) is 0.842. The number of carbonyl (C=O) groups is 1. The van der Waals surface area contributed by atoms with Gasteiger partial charge in [-0.3, -0.25) is 4.79 Å². The van der Waals surface area contributed by atoms with Crippen molar-refractivity contribution in [2.24, 2.45) is 16.7 Å². The van der Waals surface area contributed by atoms with Crippen LogP contribution in [0.25, 0.3) is 0 Å². The predicted molar refractivity (Wildman–Crippen MR) is 52.0 cm³/mol. The van der Waals surface area contributed by atoms with E-state index in [1.807, 2.05) is 0 Å². The number of hydrogen-bond donors (Lipinski definition) is 1. The number of carboxylic acids is 1. The molecular weight excluding hydrogens is 180 g/mol. The van der Waals surface area contributed by atoms with Crippen LogP contribution in [0.4, 0.5) is 0 Å². The molecule has 2 aliphatic carbocycles. The molecule has 2 aliphatic rings. The molecule has 0 radical (unpaired) electrons. The number of hydrogen-bond acceptors (Lipinski definition) is 2. The SMILES string of the molecule is CO[C@@H]1C[C@H]2CC[C@]1(C(=O)O)C2(C)C. The highest BCUT2D eigenvalue weighted by atomic mass is 16.5. The fraction of sp³-hybridized carbons (Fsp3) is 0.909. The molecule has 2 fully saturated rings. The van der Waals surface area contributed by atoms with Gasteiger partial charge in [0, 0.05) is 7.11 Å². The lowest BCUT2D eigenvalue weighted by atomic mass is 9.68. The molecule has 3 heteroatoms. The first-order chi connectivity index (χ1) is 6.46. The maximum Gasteiger partial charge on any atom is 0.312 e. The fourth-order valence-electron chi connectivity index (χ4n) is 3.71. The van der Waals surface area contributed by atoms with Crippen molar-refractivity contribution in [2.75, 3.05) is 7.11 Å². The first-order valence-electron chi connectivity index (χ1n) is 5.23. The van der Waals surface area contributed by atoms with Crippen LogP contribution in [0.15, 0.2) is 0 Å². The second kappa shape index (κ2) is 2.72. The zero-order valence-electron chi connectivity index (χ0n) is 9.04. The number of fused-ring (bicyclic) bond motifs is 2. The number of aliphatic carboxylic acids is 1. The molecule has 2 bridgehead atoms. The van der Waals surface area contributed by atoms with Crippen molar-refractivity contribution in [1.82, 2.24) is 0 Å². The highest BCUT2D eigenvalue weighted by Crippen LogP contribution is 2.66. The third-order valence-electron chi connectivity index (χ3n) is 4.77. The Hall–Kier alpha value is -0.570. The van der Waals surface area contributed by atoms with E-state index < -0.39 is 11.4 Å². The summed E-state index contributed by atoms with van der Waals surface area (Å²) in [5.41, 5.74) is -0.744. The van der Waals surface area contributed by atoms with Crippen molar-refractivity contribution in [3.05, 3.63) is 0 Å². The van der Waals surface area contributed by atoms with Crippen LogP contribution in [0.3, 0.4) is 0 Å². The summed E-state index contributed by atoms with van der Waals surface area (Å²) in [6, 6.07) is 0. The quantitative estimate of drug-likeness (QED) is 0.737. The van der Waals surface area contributed by atoms with Crippen LogP contribution in [0.5, 0.6) is 0 Å². The summed E-state index contributed by atoms with van der Waals surface area (Å²) in [5, 5.41) is 9.45. The van der Waals surface area contributed by atoms with Crippen LogP contribution >= 0.6 is 0 Å². The minimum atomic E-state index is -0.672. The van der Waals surface area contributed by atoms with Gasteiger partial charge in [-0.1, -0.05) is 13.8 Å². The first-order valence-corrected chi connectivity index (χ1v) is 5.23. The van der Waals surface area contributed by atoms with Gasteiger partial charge in [-0.25, -0.2) is 0 Å². The summed E-state index contributed by atoms with van der Waals surface area (Å²) in [6.45, 7) is 4.16. The van der Waals surface area contributed by atoms with Crippen molar-refractivity contribution in [2.45, 2.75) is 39.2 Å². The Kier molecular flexibility index (Phi) is 1.94. The molecule has 2 saturated carbocycles. The highest BCUT2D eigenvalue weighted by molar-refractivity contribution is 5.78. The van der Waals surface area contributed by atoms with Gasteiger partial charge in [0.25, 0.3) is 0 Å². The van der Waals surface area contributed by atoms with Crippen LogP contribution in [0.1, 0.15) is 33.1 Å². The topological polar surface area (TPSA) is 46.5 Å². The lowest BCUT2D eigenvalue weighted by Gasteiger charge is -2.37. The summed E-state index contributed by atoms with van der Waals surface area (Å²) in [7, 11) is 1.63. The molecule has 3 atom stereocenters. The van der Waals surface area contributed by atoms with Crippen LogP contribution in [0, 0.1) is 16.7 Å². The molecular formula is C11H18O3. The predicted octanol–water partition coefficient (Wildman–Crippen LogP) is 1.91. The summed E-state index contributed by atoms with van der Waals surface area (Å²) in [6.07, 6.45) is 2.64. The van der Waals surface area contributed by atoms with Crippen LogP contribution in [-0.2, 0) is 9.53 Å². The van der Waals surface area contributed by atoms with Crippen molar-refractivity contribution in [3.63, 3.8) is 0 Å². The number of rotatable bonds is 2. The van der Waals surface area contributed by atoms with Gasteiger partial charge >= 0.3 is 5.97 Å². The second-order valence-electron chi connectivity index (χ2n) is 5.19. The smallest absolute Gasteiger partial charge is 0.312 e. The monoisotopic (exact) mass is 198 g/mol. The van der Waals surface area contributed by atoms with E-state index in [0.29, 0.717) is 5.92 Å². The van der Waals surface area contributed by atoms with Crippen LogP contribution < -0.4 is 0 Å². The molecule has 0 aromatic carbocycles. The Morgan fingerprint density at radius 2 is 2.14 bits per heavy atom. The molecule has 0 unspecified atom stereocenters. The molecule has 14 heavy (non-hydrogen) atoms. The zero-order chi connectivity index (χ0) is 10.6. The lowest BCUT2D eigenvalue weighted by Crippen LogP contribution is -2.46. The van der Waals surface area contributed by atoms with E-state index in [9.17, 15) is 9.90 Å². The van der Waals surface area contributed by atoms with E-state index in [4.69, 9.17) is 4.74 Å². The molecule has 0 amide bonds. The molecule has 0 aromatic rings. The largest absolute Gasteiger partial charge is 0.481 e. The Morgan fingerprint density at radius 1 is 1.50 bits per heavy atom. The average Bonchev–Trinajstić information content (AvgIpc) is 2.51. The van der Waals surface area contributed by atoms with Crippen molar-refractivity contribution in [3.8, 4) is 0 Å². The Bertz CT molecular complexity index is 272. The van der Waals surface area contributed by atoms with E-state index in [-0.39, 0.29) is 11.5 Å². The highest BCUT2D eigenvalue weighted by Gasteiger charge is 2.68. The number of ether oxygens (including phenoxy) is 1. The minimum Gasteiger partial charge on any atom is -0.481 e. The summed E-state index contributed by atoms with van der Waals surface area (Å²) >= 11 is 0. The van der Waals surface area contributed by atoms with Gasteiger partial charge in [0.1, 0.15) is 0 Å². The van der Waals surface area contributed by atoms with Gasteiger partial charge in [-0.2, -0.15) is 0 Å². The standard InChI is InChI=1S/C11H18O3/c1-10(2)7-4-5-11(10,9(12)13)8(6-7)14-3/h7-8H,4-6H2,1-3H3,(H,12,13)/t7-,8-,11+/m1/s1. The Morgan fingerprint density at radius 3 is 2.50 bits per heavy atom. The minimum absolute atomic E-state index is 0.0891. The van der Waals surface area contributed by atoms with E-state index in [1.54, 1.807) is 7.11 Å². The van der Waals surface area contributed by atoms with Crippen molar-refractivity contribution in [1.29, 1.82) is 0 Å². The summed E-state index contributed by atoms with van der Waals surface area (Å²) in [4.78, 5) is 11.5. The zero-order valence-corrected chi connectivity index (χ0v) is 9.04. The molecule has 0 aromatic heterocycles. The molecule has 3 nitrogen and oxygen atoms in total. The maximum absolute atomic E-state index is 11.5. The van der Waals surface area contributed by atoms with Crippen LogP contribution in [-0.4, -0.2) is 24.3 Å². The van der Waals surface area contributed by atoms with E-state index >= 15 is 0 Å². The molecule has 0 heterocycles. The summed E-state index contributed by atoms with van der Waals surface area (Å²) in [5.74, 6) is -0.155. The lowest BCUT2D eigenvalue weighted by molar-refractivity contribution is -0.163. The van der Waals surface area contributed by atoms with E-state index in [1.165, 1.54) is 0 Å². The van der Waals surface area contributed by atoms with Gasteiger partial charge in [0.05, 0.1) is 11.5 Å². The number of methoxy groups -OCH3 is 1. The van der Waals surface area contributed by atoms with Gasteiger partial charge in [-0.05, 0) is 30.6 Å². The maximum atomic E-state index is 11.5. The molecule has 80 valence electrons. The molecule has 0 spiro atoms. The fourth-order valence-corrected chi connectivity index (χ4v) is 3.71. The van der Waals surface area contributed by atoms with Crippen molar-refractivity contribution >= 4 is 5.97 Å². The average molecular weight is 198 g/mol. The second-order valence-corrected chi connectivity index (χ2v) is 5.19. The first kappa shape index (κ1) is 9.97. The molecule has 0 aliphatic heterocycles.